The number of carbonyl (C=O) groups is 1. The summed E-state index contributed by atoms with van der Waals surface area (Å²) < 4.78 is 5.36. The van der Waals surface area contributed by atoms with Gasteiger partial charge in [0.25, 0.3) is 0 Å². The Morgan fingerprint density at radius 3 is 2.71 bits per heavy atom. The van der Waals surface area contributed by atoms with E-state index in [-0.39, 0.29) is 17.5 Å². The molecule has 0 aromatic heterocycles. The fourth-order valence-electron chi connectivity index (χ4n) is 1.62. The Morgan fingerprint density at radius 2 is 2.21 bits per heavy atom. The highest BCUT2D eigenvalue weighted by Crippen LogP contribution is 2.19. The van der Waals surface area contributed by atoms with Crippen molar-refractivity contribution in [1.29, 1.82) is 0 Å². The van der Waals surface area contributed by atoms with E-state index in [1.807, 2.05) is 25.7 Å². The molecule has 1 aliphatic rings. The number of likely N-dealkylation sites (N-methyl/N-ethyl adjacent to an activating group) is 1. The minimum atomic E-state index is -0.180. The molecule has 1 N–H and O–H groups in total. The van der Waals surface area contributed by atoms with E-state index < -0.39 is 0 Å². The molecule has 0 unspecified atom stereocenters. The van der Waals surface area contributed by atoms with Crippen LogP contribution in [0.15, 0.2) is 0 Å². The van der Waals surface area contributed by atoms with E-state index in [4.69, 9.17) is 4.74 Å². The molecule has 1 fully saturated rings. The lowest BCUT2D eigenvalue weighted by Crippen LogP contribution is -2.59. The monoisotopic (exact) mass is 200 g/mol. The molecule has 0 radical (unpaired) electrons. The van der Waals surface area contributed by atoms with Crippen LogP contribution in [0.2, 0.25) is 0 Å². The van der Waals surface area contributed by atoms with Crippen LogP contribution in [-0.4, -0.2) is 49.2 Å². The first-order valence-electron chi connectivity index (χ1n) is 5.05. The number of hydrogen-bond donors (Lipinski definition) is 1. The lowest BCUT2D eigenvalue weighted by molar-refractivity contribution is -0.148. The molecule has 0 aliphatic carbocycles. The first kappa shape index (κ1) is 11.5. The standard InChI is InChI=1S/C10H20N2O2/c1-8(11-4)9(13)12-5-6-14-7-10(12,2)3/h8,11H,5-7H2,1-4H3/t8-/m0/s1. The van der Waals surface area contributed by atoms with Gasteiger partial charge in [-0.2, -0.15) is 0 Å². The molecule has 4 nitrogen and oxygen atoms in total. The van der Waals surface area contributed by atoms with E-state index in [0.717, 1.165) is 0 Å². The molecule has 0 bridgehead atoms. The van der Waals surface area contributed by atoms with Crippen LogP contribution in [0.3, 0.4) is 0 Å². The van der Waals surface area contributed by atoms with Crippen LogP contribution in [0.1, 0.15) is 20.8 Å². The van der Waals surface area contributed by atoms with Gasteiger partial charge in [-0.3, -0.25) is 4.79 Å². The maximum atomic E-state index is 12.0. The summed E-state index contributed by atoms with van der Waals surface area (Å²) in [5.41, 5.74) is -0.180. The summed E-state index contributed by atoms with van der Waals surface area (Å²) in [5, 5.41) is 2.97. The molecule has 1 amide bonds. The maximum Gasteiger partial charge on any atom is 0.240 e. The number of amides is 1. The number of nitrogens with one attached hydrogen (secondary N) is 1. The molecule has 0 saturated carbocycles. The second kappa shape index (κ2) is 4.28. The number of carbonyl (C=O) groups excluding carboxylic acids is 1. The fourth-order valence-corrected chi connectivity index (χ4v) is 1.62. The van der Waals surface area contributed by atoms with Gasteiger partial charge < -0.3 is 15.0 Å². The molecular weight excluding hydrogens is 180 g/mol. The highest BCUT2D eigenvalue weighted by molar-refractivity contribution is 5.82. The van der Waals surface area contributed by atoms with E-state index in [2.05, 4.69) is 5.32 Å². The van der Waals surface area contributed by atoms with Gasteiger partial charge in [0.1, 0.15) is 0 Å². The minimum Gasteiger partial charge on any atom is -0.377 e. The highest BCUT2D eigenvalue weighted by atomic mass is 16.5. The third-order valence-corrected chi connectivity index (χ3v) is 2.71. The lowest BCUT2D eigenvalue weighted by atomic mass is 10.0. The Morgan fingerprint density at radius 1 is 1.57 bits per heavy atom. The highest BCUT2D eigenvalue weighted by Gasteiger charge is 2.35. The maximum absolute atomic E-state index is 12.0. The van der Waals surface area contributed by atoms with Crippen molar-refractivity contribution in [2.75, 3.05) is 26.8 Å². The zero-order valence-electron chi connectivity index (χ0n) is 9.46. The Balaban J connectivity index is 2.69. The molecule has 4 heteroatoms. The SMILES string of the molecule is CN[C@@H](C)C(=O)N1CCOCC1(C)C. The summed E-state index contributed by atoms with van der Waals surface area (Å²) >= 11 is 0. The second-order valence-electron chi connectivity index (χ2n) is 4.37. The normalized spacial score (nSPS) is 23.3. The number of ether oxygens (including phenoxy) is 1. The van der Waals surface area contributed by atoms with Crippen LogP contribution in [0.25, 0.3) is 0 Å². The van der Waals surface area contributed by atoms with E-state index >= 15 is 0 Å². The number of rotatable bonds is 2. The average molecular weight is 200 g/mol. The zero-order valence-corrected chi connectivity index (χ0v) is 9.46. The molecule has 0 spiro atoms. The summed E-state index contributed by atoms with van der Waals surface area (Å²) in [6.45, 7) is 7.91. The first-order valence-corrected chi connectivity index (χ1v) is 5.05. The van der Waals surface area contributed by atoms with E-state index in [1.165, 1.54) is 0 Å². The second-order valence-corrected chi connectivity index (χ2v) is 4.37. The predicted octanol–water partition coefficient (Wildman–Crippen LogP) is 0.232. The van der Waals surface area contributed by atoms with Crippen LogP contribution in [0, 0.1) is 0 Å². The van der Waals surface area contributed by atoms with Gasteiger partial charge in [0.05, 0.1) is 24.8 Å². The van der Waals surface area contributed by atoms with Gasteiger partial charge in [-0.25, -0.2) is 0 Å². The largest absolute Gasteiger partial charge is 0.377 e. The van der Waals surface area contributed by atoms with Gasteiger partial charge in [0.15, 0.2) is 0 Å². The zero-order chi connectivity index (χ0) is 10.8. The molecule has 1 heterocycles. The van der Waals surface area contributed by atoms with Crippen LogP contribution in [0.4, 0.5) is 0 Å². The number of nitrogens with zero attached hydrogens (tertiary/aromatic N) is 1. The van der Waals surface area contributed by atoms with Crippen molar-refractivity contribution >= 4 is 5.91 Å². The van der Waals surface area contributed by atoms with Gasteiger partial charge in [0.2, 0.25) is 5.91 Å². The fraction of sp³-hybridized carbons (Fsp3) is 0.900. The Kier molecular flexibility index (Phi) is 3.50. The third-order valence-electron chi connectivity index (χ3n) is 2.71. The topological polar surface area (TPSA) is 41.6 Å². The Hall–Kier alpha value is -0.610. The van der Waals surface area contributed by atoms with Gasteiger partial charge in [-0.1, -0.05) is 0 Å². The lowest BCUT2D eigenvalue weighted by Gasteiger charge is -2.43. The van der Waals surface area contributed by atoms with Crippen LogP contribution in [0.5, 0.6) is 0 Å². The van der Waals surface area contributed by atoms with Crippen molar-refractivity contribution in [2.45, 2.75) is 32.4 Å². The van der Waals surface area contributed by atoms with Crippen molar-refractivity contribution in [3.05, 3.63) is 0 Å². The van der Waals surface area contributed by atoms with Gasteiger partial charge >= 0.3 is 0 Å². The Bertz CT molecular complexity index is 216. The third kappa shape index (κ3) is 2.25. The molecule has 1 atom stereocenters. The Labute approximate surface area is 85.6 Å². The van der Waals surface area contributed by atoms with Crippen LogP contribution in [-0.2, 0) is 9.53 Å². The summed E-state index contributed by atoms with van der Waals surface area (Å²) in [4.78, 5) is 13.9. The summed E-state index contributed by atoms with van der Waals surface area (Å²) in [5.74, 6) is 0.154. The molecule has 1 aliphatic heterocycles. The minimum absolute atomic E-state index is 0.118. The van der Waals surface area contributed by atoms with Crippen molar-refractivity contribution in [3.63, 3.8) is 0 Å². The average Bonchev–Trinajstić information content (AvgIpc) is 2.15. The molecule has 82 valence electrons. The van der Waals surface area contributed by atoms with E-state index in [9.17, 15) is 4.79 Å². The smallest absolute Gasteiger partial charge is 0.240 e. The molecule has 1 rings (SSSR count). The van der Waals surface area contributed by atoms with Gasteiger partial charge in [-0.05, 0) is 27.8 Å². The van der Waals surface area contributed by atoms with Crippen LogP contribution < -0.4 is 5.32 Å². The van der Waals surface area contributed by atoms with Gasteiger partial charge in [-0.15, -0.1) is 0 Å². The van der Waals surface area contributed by atoms with Crippen LogP contribution >= 0.6 is 0 Å². The van der Waals surface area contributed by atoms with Crippen molar-refractivity contribution in [3.8, 4) is 0 Å². The molecule has 14 heavy (non-hydrogen) atoms. The summed E-state index contributed by atoms with van der Waals surface area (Å²) in [7, 11) is 1.80. The van der Waals surface area contributed by atoms with Crippen molar-refractivity contribution in [1.82, 2.24) is 10.2 Å². The summed E-state index contributed by atoms with van der Waals surface area (Å²) in [6.07, 6.45) is 0. The van der Waals surface area contributed by atoms with Crippen molar-refractivity contribution < 1.29 is 9.53 Å². The number of hydrogen-bond acceptors (Lipinski definition) is 3. The summed E-state index contributed by atoms with van der Waals surface area (Å²) in [6, 6.07) is -0.118. The molecule has 0 aromatic carbocycles. The first-order chi connectivity index (χ1) is 6.49. The number of morpholine rings is 1. The predicted molar refractivity (Wildman–Crippen MR) is 55.1 cm³/mol. The van der Waals surface area contributed by atoms with Crippen molar-refractivity contribution in [2.24, 2.45) is 0 Å². The van der Waals surface area contributed by atoms with Gasteiger partial charge in [0, 0.05) is 6.54 Å². The molecule has 1 saturated heterocycles. The molecule has 0 aromatic rings. The van der Waals surface area contributed by atoms with E-state index in [0.29, 0.717) is 19.8 Å². The molecular formula is C10H20N2O2. The quantitative estimate of drug-likeness (QED) is 0.694. The van der Waals surface area contributed by atoms with E-state index in [1.54, 1.807) is 7.05 Å².